The van der Waals surface area contributed by atoms with Gasteiger partial charge in [0.15, 0.2) is 0 Å². The van der Waals surface area contributed by atoms with E-state index in [2.05, 4.69) is 18.8 Å². The highest BCUT2D eigenvalue weighted by Gasteiger charge is 1.88. The second-order valence-electron chi connectivity index (χ2n) is 2.51. The standard InChI is InChI=1S/C11H11O/c1-10-5-4-7-11(9-10)6-2-3-8-12/h4-5,7,9,12H,1,6,8H2. The fourth-order valence-electron chi connectivity index (χ4n) is 0.960. The first kappa shape index (κ1) is 8.83. The van der Waals surface area contributed by atoms with Crippen LogP contribution in [0.3, 0.4) is 0 Å². The van der Waals surface area contributed by atoms with Crippen molar-refractivity contribution in [3.63, 3.8) is 0 Å². The molecular formula is C11H11O. The van der Waals surface area contributed by atoms with Crippen molar-refractivity contribution in [2.24, 2.45) is 0 Å². The van der Waals surface area contributed by atoms with Gasteiger partial charge in [0.25, 0.3) is 0 Å². The molecule has 0 unspecified atom stereocenters. The fourth-order valence-corrected chi connectivity index (χ4v) is 0.960. The minimum atomic E-state index is -0.0654. The Labute approximate surface area is 73.0 Å². The Balaban J connectivity index is 2.63. The Bertz CT molecular complexity index is 304. The van der Waals surface area contributed by atoms with Crippen LogP contribution in [0.1, 0.15) is 11.1 Å². The molecule has 0 atom stereocenters. The molecule has 0 saturated heterocycles. The summed E-state index contributed by atoms with van der Waals surface area (Å²) < 4.78 is 0. The molecule has 1 heteroatoms. The summed E-state index contributed by atoms with van der Waals surface area (Å²) >= 11 is 0. The van der Waals surface area contributed by atoms with Crippen molar-refractivity contribution in [3.05, 3.63) is 42.3 Å². The first-order valence-corrected chi connectivity index (χ1v) is 3.80. The molecule has 0 fully saturated rings. The smallest absolute Gasteiger partial charge is 0.104 e. The van der Waals surface area contributed by atoms with E-state index in [1.807, 2.05) is 24.3 Å². The van der Waals surface area contributed by atoms with Gasteiger partial charge in [0.1, 0.15) is 6.61 Å². The van der Waals surface area contributed by atoms with E-state index in [-0.39, 0.29) is 6.61 Å². The van der Waals surface area contributed by atoms with Crippen LogP contribution in [0.2, 0.25) is 0 Å². The number of benzene rings is 1. The van der Waals surface area contributed by atoms with Crippen molar-refractivity contribution in [2.75, 3.05) is 6.61 Å². The van der Waals surface area contributed by atoms with E-state index in [1.165, 1.54) is 0 Å². The van der Waals surface area contributed by atoms with Crippen LogP contribution < -0.4 is 0 Å². The van der Waals surface area contributed by atoms with Crippen molar-refractivity contribution in [3.8, 4) is 11.8 Å². The number of hydrogen-bond acceptors (Lipinski definition) is 1. The van der Waals surface area contributed by atoms with Gasteiger partial charge >= 0.3 is 0 Å². The molecule has 1 rings (SSSR count). The zero-order valence-electron chi connectivity index (χ0n) is 6.88. The molecule has 1 nitrogen and oxygen atoms in total. The van der Waals surface area contributed by atoms with E-state index in [9.17, 15) is 0 Å². The van der Waals surface area contributed by atoms with Crippen LogP contribution in [0.5, 0.6) is 0 Å². The maximum Gasteiger partial charge on any atom is 0.104 e. The van der Waals surface area contributed by atoms with Crippen molar-refractivity contribution in [1.29, 1.82) is 0 Å². The lowest BCUT2D eigenvalue weighted by Crippen LogP contribution is -1.82. The third-order valence-corrected chi connectivity index (χ3v) is 1.49. The molecule has 1 radical (unpaired) electrons. The summed E-state index contributed by atoms with van der Waals surface area (Å²) in [6, 6.07) is 7.90. The summed E-state index contributed by atoms with van der Waals surface area (Å²) in [5.41, 5.74) is 2.14. The molecule has 0 bridgehead atoms. The van der Waals surface area contributed by atoms with Crippen molar-refractivity contribution in [2.45, 2.75) is 6.42 Å². The summed E-state index contributed by atoms with van der Waals surface area (Å²) in [5.74, 6) is 5.45. The first-order chi connectivity index (χ1) is 5.83. The molecule has 0 heterocycles. The van der Waals surface area contributed by atoms with Crippen LogP contribution in [0, 0.1) is 18.8 Å². The average Bonchev–Trinajstić information content (AvgIpc) is 2.05. The van der Waals surface area contributed by atoms with Crippen LogP contribution >= 0.6 is 0 Å². The number of hydrogen-bond donors (Lipinski definition) is 1. The van der Waals surface area contributed by atoms with Crippen LogP contribution in [0.15, 0.2) is 24.3 Å². The highest BCUT2D eigenvalue weighted by Crippen LogP contribution is 2.03. The SMILES string of the molecule is [CH2]c1cccc(CC#CCO)c1. The average molecular weight is 159 g/mol. The molecule has 0 amide bonds. The maximum atomic E-state index is 8.41. The second kappa shape index (κ2) is 4.58. The molecule has 0 aliphatic rings. The Morgan fingerprint density at radius 1 is 1.33 bits per heavy atom. The van der Waals surface area contributed by atoms with Crippen molar-refractivity contribution >= 4 is 0 Å². The normalized spacial score (nSPS) is 8.83. The van der Waals surface area contributed by atoms with E-state index < -0.39 is 0 Å². The van der Waals surface area contributed by atoms with Gasteiger partial charge in [-0.2, -0.15) is 0 Å². The molecule has 0 spiro atoms. The second-order valence-corrected chi connectivity index (χ2v) is 2.51. The van der Waals surface area contributed by atoms with Gasteiger partial charge in [-0.3, -0.25) is 0 Å². The van der Waals surface area contributed by atoms with Crippen molar-refractivity contribution in [1.82, 2.24) is 0 Å². The summed E-state index contributed by atoms with van der Waals surface area (Å²) in [6.45, 7) is 3.75. The Morgan fingerprint density at radius 3 is 2.83 bits per heavy atom. The predicted molar refractivity (Wildman–Crippen MR) is 49.5 cm³/mol. The number of rotatable bonds is 1. The van der Waals surface area contributed by atoms with Crippen LogP contribution in [-0.2, 0) is 6.42 Å². The van der Waals surface area contributed by atoms with Crippen LogP contribution in [0.25, 0.3) is 0 Å². The molecule has 1 aromatic rings. The molecule has 12 heavy (non-hydrogen) atoms. The van der Waals surface area contributed by atoms with Gasteiger partial charge in [-0.25, -0.2) is 0 Å². The molecule has 61 valence electrons. The van der Waals surface area contributed by atoms with E-state index >= 15 is 0 Å². The molecule has 0 aromatic heterocycles. The van der Waals surface area contributed by atoms with E-state index in [4.69, 9.17) is 5.11 Å². The van der Waals surface area contributed by atoms with Gasteiger partial charge in [0.2, 0.25) is 0 Å². The zero-order chi connectivity index (χ0) is 8.81. The van der Waals surface area contributed by atoms with E-state index in [0.717, 1.165) is 11.1 Å². The maximum absolute atomic E-state index is 8.41. The molecule has 0 aliphatic heterocycles. The number of aliphatic hydroxyl groups excluding tert-OH is 1. The van der Waals surface area contributed by atoms with Gasteiger partial charge in [0, 0.05) is 6.42 Å². The predicted octanol–water partition coefficient (Wildman–Crippen LogP) is 1.41. The third kappa shape index (κ3) is 2.77. The minimum absolute atomic E-state index is 0.0654. The Hall–Kier alpha value is -1.26. The first-order valence-electron chi connectivity index (χ1n) is 3.80. The lowest BCUT2D eigenvalue weighted by atomic mass is 10.1. The summed E-state index contributed by atoms with van der Waals surface area (Å²) in [4.78, 5) is 0. The highest BCUT2D eigenvalue weighted by atomic mass is 16.2. The quantitative estimate of drug-likeness (QED) is 0.614. The van der Waals surface area contributed by atoms with Crippen molar-refractivity contribution < 1.29 is 5.11 Å². The third-order valence-electron chi connectivity index (χ3n) is 1.49. The topological polar surface area (TPSA) is 20.2 Å². The summed E-state index contributed by atoms with van der Waals surface area (Å²) in [5, 5.41) is 8.41. The lowest BCUT2D eigenvalue weighted by molar-refractivity contribution is 0.350. The Morgan fingerprint density at radius 2 is 2.17 bits per heavy atom. The lowest BCUT2D eigenvalue weighted by Gasteiger charge is -1.95. The van der Waals surface area contributed by atoms with Crippen LogP contribution in [-0.4, -0.2) is 11.7 Å². The van der Waals surface area contributed by atoms with Gasteiger partial charge < -0.3 is 5.11 Å². The highest BCUT2D eigenvalue weighted by molar-refractivity contribution is 5.28. The molecular weight excluding hydrogens is 148 g/mol. The van der Waals surface area contributed by atoms with Gasteiger partial charge in [-0.1, -0.05) is 36.1 Å². The molecule has 1 aromatic carbocycles. The van der Waals surface area contributed by atoms with Gasteiger partial charge in [-0.05, 0) is 18.1 Å². The van der Waals surface area contributed by atoms with E-state index in [1.54, 1.807) is 0 Å². The summed E-state index contributed by atoms with van der Waals surface area (Å²) in [6.07, 6.45) is 0.684. The fraction of sp³-hybridized carbons (Fsp3) is 0.182. The molecule has 0 saturated carbocycles. The monoisotopic (exact) mass is 159 g/mol. The molecule has 0 aliphatic carbocycles. The van der Waals surface area contributed by atoms with Gasteiger partial charge in [-0.15, -0.1) is 0 Å². The van der Waals surface area contributed by atoms with Gasteiger partial charge in [0.05, 0.1) is 0 Å². The molecule has 1 N–H and O–H groups in total. The van der Waals surface area contributed by atoms with Crippen LogP contribution in [0.4, 0.5) is 0 Å². The summed E-state index contributed by atoms with van der Waals surface area (Å²) in [7, 11) is 0. The largest absolute Gasteiger partial charge is 0.384 e. The zero-order valence-corrected chi connectivity index (χ0v) is 6.88. The number of aliphatic hydroxyl groups is 1. The minimum Gasteiger partial charge on any atom is -0.384 e. The Kier molecular flexibility index (Phi) is 3.37. The van der Waals surface area contributed by atoms with E-state index in [0.29, 0.717) is 6.42 Å².